The number of hydrogen-bond acceptors (Lipinski definition) is 5. The minimum absolute atomic E-state index is 0.0679. The Kier molecular flexibility index (Phi) is 4.06. The van der Waals surface area contributed by atoms with Crippen LogP contribution in [0.1, 0.15) is 36.0 Å². The molecule has 0 bridgehead atoms. The van der Waals surface area contributed by atoms with Gasteiger partial charge in [-0.2, -0.15) is 4.98 Å². The van der Waals surface area contributed by atoms with Crippen molar-refractivity contribution >= 4 is 0 Å². The molecular weight excluding hydrogens is 292 g/mol. The SMILES string of the molecule is Cc1noc(C2CCCN(Cc3c(F)ccc(O)c3F)C2)n1. The Morgan fingerprint density at radius 1 is 1.41 bits per heavy atom. The molecule has 1 aromatic carbocycles. The van der Waals surface area contributed by atoms with Crippen LogP contribution in [0.2, 0.25) is 0 Å². The molecule has 2 aromatic rings. The van der Waals surface area contributed by atoms with Crippen LogP contribution in [-0.4, -0.2) is 33.2 Å². The van der Waals surface area contributed by atoms with E-state index in [0.717, 1.165) is 31.5 Å². The van der Waals surface area contributed by atoms with Gasteiger partial charge < -0.3 is 9.63 Å². The van der Waals surface area contributed by atoms with Crippen LogP contribution in [0.5, 0.6) is 5.75 Å². The molecule has 118 valence electrons. The number of aromatic hydroxyl groups is 1. The van der Waals surface area contributed by atoms with E-state index in [2.05, 4.69) is 10.1 Å². The normalized spacial score (nSPS) is 19.5. The Hall–Kier alpha value is -2.02. The summed E-state index contributed by atoms with van der Waals surface area (Å²) >= 11 is 0. The van der Waals surface area contributed by atoms with Gasteiger partial charge in [-0.05, 0) is 38.4 Å². The van der Waals surface area contributed by atoms with Gasteiger partial charge in [-0.1, -0.05) is 5.16 Å². The van der Waals surface area contributed by atoms with Gasteiger partial charge in [-0.3, -0.25) is 4.90 Å². The lowest BCUT2D eigenvalue weighted by Gasteiger charge is -2.31. The zero-order chi connectivity index (χ0) is 15.7. The highest BCUT2D eigenvalue weighted by Crippen LogP contribution is 2.29. The van der Waals surface area contributed by atoms with Crippen molar-refractivity contribution in [1.29, 1.82) is 0 Å². The second-order valence-corrected chi connectivity index (χ2v) is 5.61. The van der Waals surface area contributed by atoms with Crippen molar-refractivity contribution in [3.8, 4) is 5.75 Å². The number of likely N-dealkylation sites (tertiary alicyclic amines) is 1. The predicted octanol–water partition coefficient (Wildman–Crippen LogP) is 2.74. The van der Waals surface area contributed by atoms with Crippen LogP contribution >= 0.6 is 0 Å². The molecule has 1 aliphatic rings. The first kappa shape index (κ1) is 14.9. The Balaban J connectivity index is 1.75. The van der Waals surface area contributed by atoms with Crippen molar-refractivity contribution in [2.24, 2.45) is 0 Å². The summed E-state index contributed by atoms with van der Waals surface area (Å²) in [5, 5.41) is 13.2. The first-order valence-electron chi connectivity index (χ1n) is 7.23. The number of rotatable bonds is 3. The third-order valence-electron chi connectivity index (χ3n) is 3.95. The molecule has 1 saturated heterocycles. The quantitative estimate of drug-likeness (QED) is 0.944. The maximum atomic E-state index is 13.9. The molecule has 7 heteroatoms. The molecule has 1 N–H and O–H groups in total. The molecule has 0 amide bonds. The summed E-state index contributed by atoms with van der Waals surface area (Å²) in [6.07, 6.45) is 1.79. The van der Waals surface area contributed by atoms with Gasteiger partial charge in [0.1, 0.15) is 5.82 Å². The fraction of sp³-hybridized carbons (Fsp3) is 0.467. The maximum absolute atomic E-state index is 13.9. The molecule has 1 aliphatic heterocycles. The van der Waals surface area contributed by atoms with Crippen molar-refractivity contribution in [1.82, 2.24) is 15.0 Å². The summed E-state index contributed by atoms with van der Waals surface area (Å²) in [7, 11) is 0. The van der Waals surface area contributed by atoms with E-state index in [4.69, 9.17) is 4.52 Å². The minimum Gasteiger partial charge on any atom is -0.505 e. The van der Waals surface area contributed by atoms with Crippen molar-refractivity contribution in [2.75, 3.05) is 13.1 Å². The molecule has 2 heterocycles. The fourth-order valence-corrected chi connectivity index (χ4v) is 2.83. The number of aromatic nitrogens is 2. The van der Waals surface area contributed by atoms with Crippen LogP contribution in [0.3, 0.4) is 0 Å². The van der Waals surface area contributed by atoms with Gasteiger partial charge in [0.15, 0.2) is 17.4 Å². The molecule has 3 rings (SSSR count). The molecule has 0 aliphatic carbocycles. The molecule has 1 unspecified atom stereocenters. The lowest BCUT2D eigenvalue weighted by atomic mass is 9.97. The van der Waals surface area contributed by atoms with E-state index < -0.39 is 17.4 Å². The van der Waals surface area contributed by atoms with E-state index in [-0.39, 0.29) is 18.0 Å². The average molecular weight is 309 g/mol. The van der Waals surface area contributed by atoms with Gasteiger partial charge in [0, 0.05) is 18.7 Å². The van der Waals surface area contributed by atoms with Gasteiger partial charge in [-0.25, -0.2) is 8.78 Å². The van der Waals surface area contributed by atoms with Crippen LogP contribution in [0.15, 0.2) is 16.7 Å². The molecule has 1 fully saturated rings. The number of benzene rings is 1. The molecule has 0 spiro atoms. The van der Waals surface area contributed by atoms with Crippen molar-refractivity contribution in [3.05, 3.63) is 41.0 Å². The summed E-state index contributed by atoms with van der Waals surface area (Å²) in [6.45, 7) is 3.19. The fourth-order valence-electron chi connectivity index (χ4n) is 2.83. The molecular formula is C15H17F2N3O2. The number of phenols is 1. The first-order chi connectivity index (χ1) is 10.5. The lowest BCUT2D eigenvalue weighted by Crippen LogP contribution is -2.34. The highest BCUT2D eigenvalue weighted by atomic mass is 19.1. The third-order valence-corrected chi connectivity index (χ3v) is 3.95. The van der Waals surface area contributed by atoms with E-state index in [0.29, 0.717) is 18.3 Å². The largest absolute Gasteiger partial charge is 0.505 e. The Morgan fingerprint density at radius 3 is 2.95 bits per heavy atom. The number of phenolic OH excluding ortho intramolecular Hbond substituents is 1. The van der Waals surface area contributed by atoms with Gasteiger partial charge in [0.2, 0.25) is 5.89 Å². The number of piperidine rings is 1. The summed E-state index contributed by atoms with van der Waals surface area (Å²) < 4.78 is 32.9. The first-order valence-corrected chi connectivity index (χ1v) is 7.23. The third kappa shape index (κ3) is 2.94. The molecule has 5 nitrogen and oxygen atoms in total. The van der Waals surface area contributed by atoms with E-state index in [1.807, 2.05) is 4.90 Å². The van der Waals surface area contributed by atoms with Gasteiger partial charge in [0.05, 0.1) is 5.92 Å². The summed E-state index contributed by atoms with van der Waals surface area (Å²) in [5.41, 5.74) is -0.109. The Labute approximate surface area is 126 Å². The van der Waals surface area contributed by atoms with Crippen LogP contribution in [-0.2, 0) is 6.54 Å². The van der Waals surface area contributed by atoms with E-state index in [1.54, 1.807) is 6.92 Å². The lowest BCUT2D eigenvalue weighted by molar-refractivity contribution is 0.176. The predicted molar refractivity (Wildman–Crippen MR) is 74.3 cm³/mol. The summed E-state index contributed by atoms with van der Waals surface area (Å²) in [5.74, 6) is -0.853. The summed E-state index contributed by atoms with van der Waals surface area (Å²) in [4.78, 5) is 6.17. The van der Waals surface area contributed by atoms with Gasteiger partial charge in [0.25, 0.3) is 0 Å². The number of aryl methyl sites for hydroxylation is 1. The highest BCUT2D eigenvalue weighted by molar-refractivity contribution is 5.31. The van der Waals surface area contributed by atoms with Crippen LogP contribution in [0, 0.1) is 18.6 Å². The smallest absolute Gasteiger partial charge is 0.231 e. The Morgan fingerprint density at radius 2 is 2.23 bits per heavy atom. The standard InChI is InChI=1S/C15H17F2N3O2/c1-9-18-15(22-19-9)10-3-2-6-20(7-10)8-11-12(16)4-5-13(21)14(11)17/h4-5,10,21H,2-3,6-8H2,1H3. The topological polar surface area (TPSA) is 62.4 Å². The maximum Gasteiger partial charge on any atom is 0.231 e. The Bertz CT molecular complexity index is 675. The number of nitrogens with zero attached hydrogens (tertiary/aromatic N) is 3. The van der Waals surface area contributed by atoms with E-state index >= 15 is 0 Å². The van der Waals surface area contributed by atoms with Crippen molar-refractivity contribution in [3.63, 3.8) is 0 Å². The minimum atomic E-state index is -0.893. The summed E-state index contributed by atoms with van der Waals surface area (Å²) in [6, 6.07) is 2.10. The average Bonchev–Trinajstić information content (AvgIpc) is 2.95. The molecule has 0 radical (unpaired) electrons. The zero-order valence-electron chi connectivity index (χ0n) is 12.2. The van der Waals surface area contributed by atoms with E-state index in [1.165, 1.54) is 0 Å². The van der Waals surface area contributed by atoms with Crippen LogP contribution in [0.25, 0.3) is 0 Å². The highest BCUT2D eigenvalue weighted by Gasteiger charge is 2.27. The van der Waals surface area contributed by atoms with Crippen molar-refractivity contribution < 1.29 is 18.4 Å². The zero-order valence-corrected chi connectivity index (χ0v) is 12.2. The molecule has 1 aromatic heterocycles. The molecule has 1 atom stereocenters. The van der Waals surface area contributed by atoms with E-state index in [9.17, 15) is 13.9 Å². The van der Waals surface area contributed by atoms with Gasteiger partial charge >= 0.3 is 0 Å². The monoisotopic (exact) mass is 309 g/mol. The second kappa shape index (κ2) is 6.00. The second-order valence-electron chi connectivity index (χ2n) is 5.61. The van der Waals surface area contributed by atoms with Crippen molar-refractivity contribution in [2.45, 2.75) is 32.2 Å². The number of hydrogen-bond donors (Lipinski definition) is 1. The van der Waals surface area contributed by atoms with Crippen LogP contribution in [0.4, 0.5) is 8.78 Å². The van der Waals surface area contributed by atoms with Gasteiger partial charge in [-0.15, -0.1) is 0 Å². The van der Waals surface area contributed by atoms with Crippen LogP contribution < -0.4 is 0 Å². The molecule has 22 heavy (non-hydrogen) atoms. The number of halogens is 2. The molecule has 0 saturated carbocycles.